The average Bonchev–Trinajstić information content (AvgIpc) is 3.55. The summed E-state index contributed by atoms with van der Waals surface area (Å²) in [5.74, 6) is 3.44. The molecule has 0 spiro atoms. The van der Waals surface area contributed by atoms with E-state index >= 15 is 0 Å². The molecule has 1 fully saturated rings. The molecule has 0 aliphatic carbocycles. The molecule has 0 unspecified atom stereocenters. The Labute approximate surface area is 193 Å². The lowest BCUT2D eigenvalue weighted by Gasteiger charge is -2.36. The van der Waals surface area contributed by atoms with Crippen molar-refractivity contribution >= 4 is 5.96 Å². The number of aliphatic imine (C=N–C) groups is 1. The number of nitrogens with one attached hydrogen (secondary N) is 1. The molecule has 1 saturated heterocycles. The van der Waals surface area contributed by atoms with Crippen molar-refractivity contribution in [3.63, 3.8) is 0 Å². The molecular weight excluding hydrogens is 418 g/mol. The predicted octanol–water partition coefficient (Wildman–Crippen LogP) is 2.28. The normalized spacial score (nSPS) is 16.3. The van der Waals surface area contributed by atoms with Crippen LogP contribution < -0.4 is 14.8 Å². The Morgan fingerprint density at radius 1 is 1.03 bits per heavy atom. The predicted molar refractivity (Wildman–Crippen MR) is 126 cm³/mol. The minimum Gasteiger partial charge on any atom is -0.454 e. The number of rotatable bonds is 6. The lowest BCUT2D eigenvalue weighted by atomic mass is 10.1. The number of fused-ring (bicyclic) bond motifs is 1. The summed E-state index contributed by atoms with van der Waals surface area (Å²) in [7, 11) is 0. The van der Waals surface area contributed by atoms with E-state index in [1.165, 1.54) is 5.56 Å². The minimum atomic E-state index is 0.314. The molecule has 9 heteroatoms. The fraction of sp³-hybridized carbons (Fsp3) is 0.375. The molecule has 33 heavy (non-hydrogen) atoms. The summed E-state index contributed by atoms with van der Waals surface area (Å²) in [6.07, 6.45) is 5.45. The number of guanidine groups is 1. The van der Waals surface area contributed by atoms with Crippen LogP contribution in [0.2, 0.25) is 0 Å². The van der Waals surface area contributed by atoms with Crippen molar-refractivity contribution in [1.82, 2.24) is 29.9 Å². The van der Waals surface area contributed by atoms with E-state index in [9.17, 15) is 0 Å². The quantitative estimate of drug-likeness (QED) is 0.459. The molecule has 2 aliphatic rings. The molecule has 3 aromatic rings. The molecule has 1 N–H and O–H groups in total. The van der Waals surface area contributed by atoms with Crippen molar-refractivity contribution in [2.24, 2.45) is 4.99 Å². The smallest absolute Gasteiger partial charge is 0.231 e. The summed E-state index contributed by atoms with van der Waals surface area (Å²) in [4.78, 5) is 14.1. The van der Waals surface area contributed by atoms with Crippen molar-refractivity contribution in [3.05, 3.63) is 66.1 Å². The van der Waals surface area contributed by atoms with Crippen LogP contribution in [0.15, 0.2) is 60.0 Å². The van der Waals surface area contributed by atoms with Crippen molar-refractivity contribution in [2.75, 3.05) is 39.5 Å². The lowest BCUT2D eigenvalue weighted by molar-refractivity contribution is 0.171. The number of nitrogens with zero attached hydrogens (tertiary/aromatic N) is 6. The molecule has 9 nitrogen and oxygen atoms in total. The second-order valence-electron chi connectivity index (χ2n) is 8.09. The highest BCUT2D eigenvalue weighted by molar-refractivity contribution is 5.80. The van der Waals surface area contributed by atoms with Crippen molar-refractivity contribution in [3.8, 4) is 17.3 Å². The third-order valence-corrected chi connectivity index (χ3v) is 5.81. The van der Waals surface area contributed by atoms with Gasteiger partial charge in [0.1, 0.15) is 0 Å². The second kappa shape index (κ2) is 9.91. The van der Waals surface area contributed by atoms with Gasteiger partial charge in [-0.1, -0.05) is 6.07 Å². The second-order valence-corrected chi connectivity index (χ2v) is 8.09. The Hall–Kier alpha value is -3.59. The Balaban J connectivity index is 1.19. The fourth-order valence-electron chi connectivity index (χ4n) is 4.10. The van der Waals surface area contributed by atoms with E-state index in [4.69, 9.17) is 14.5 Å². The van der Waals surface area contributed by atoms with Gasteiger partial charge in [-0.15, -0.1) is 0 Å². The first-order valence-corrected chi connectivity index (χ1v) is 11.4. The van der Waals surface area contributed by atoms with Gasteiger partial charge in [-0.05, 0) is 48.4 Å². The largest absolute Gasteiger partial charge is 0.454 e. The molecule has 0 radical (unpaired) electrons. The van der Waals surface area contributed by atoms with E-state index in [2.05, 4.69) is 44.3 Å². The van der Waals surface area contributed by atoms with Gasteiger partial charge in [-0.2, -0.15) is 5.10 Å². The molecule has 1 aromatic carbocycles. The van der Waals surface area contributed by atoms with Crippen LogP contribution in [-0.2, 0) is 13.1 Å². The van der Waals surface area contributed by atoms with Gasteiger partial charge in [-0.25, -0.2) is 14.7 Å². The summed E-state index contributed by atoms with van der Waals surface area (Å²) < 4.78 is 12.7. The molecule has 4 heterocycles. The summed E-state index contributed by atoms with van der Waals surface area (Å²) in [5, 5.41) is 7.71. The molecular formula is C24H29N7O2. The van der Waals surface area contributed by atoms with Gasteiger partial charge < -0.3 is 19.7 Å². The molecule has 2 aromatic heterocycles. The van der Waals surface area contributed by atoms with Gasteiger partial charge in [0, 0.05) is 57.9 Å². The van der Waals surface area contributed by atoms with Gasteiger partial charge in [0.2, 0.25) is 6.79 Å². The first-order valence-electron chi connectivity index (χ1n) is 11.4. The van der Waals surface area contributed by atoms with Crippen LogP contribution >= 0.6 is 0 Å². The van der Waals surface area contributed by atoms with Crippen LogP contribution in [0.4, 0.5) is 0 Å². The van der Waals surface area contributed by atoms with Gasteiger partial charge in [0.15, 0.2) is 23.3 Å². The van der Waals surface area contributed by atoms with Gasteiger partial charge in [0.05, 0.1) is 6.54 Å². The Morgan fingerprint density at radius 2 is 1.91 bits per heavy atom. The molecule has 2 aliphatic heterocycles. The van der Waals surface area contributed by atoms with Crippen LogP contribution in [0.1, 0.15) is 18.1 Å². The monoisotopic (exact) mass is 447 g/mol. The highest BCUT2D eigenvalue weighted by Crippen LogP contribution is 2.32. The minimum absolute atomic E-state index is 0.314. The zero-order valence-corrected chi connectivity index (χ0v) is 18.9. The Bertz CT molecular complexity index is 1090. The van der Waals surface area contributed by atoms with Crippen LogP contribution in [0.5, 0.6) is 11.5 Å². The van der Waals surface area contributed by atoms with Gasteiger partial charge >= 0.3 is 0 Å². The molecule has 0 atom stereocenters. The number of aromatic nitrogens is 3. The Kier molecular flexibility index (Phi) is 6.39. The van der Waals surface area contributed by atoms with Gasteiger partial charge in [-0.3, -0.25) is 4.90 Å². The Morgan fingerprint density at radius 3 is 2.73 bits per heavy atom. The summed E-state index contributed by atoms with van der Waals surface area (Å²) in [6, 6.07) is 12.1. The van der Waals surface area contributed by atoms with E-state index in [-0.39, 0.29) is 0 Å². The van der Waals surface area contributed by atoms with Crippen molar-refractivity contribution in [1.29, 1.82) is 0 Å². The van der Waals surface area contributed by atoms with Crippen molar-refractivity contribution < 1.29 is 9.47 Å². The van der Waals surface area contributed by atoms with E-state index in [1.54, 1.807) is 10.9 Å². The summed E-state index contributed by atoms with van der Waals surface area (Å²) >= 11 is 0. The fourth-order valence-corrected chi connectivity index (χ4v) is 4.10. The molecule has 0 amide bonds. The zero-order chi connectivity index (χ0) is 22.5. The third kappa shape index (κ3) is 5.09. The number of hydrogen-bond donors (Lipinski definition) is 1. The maximum Gasteiger partial charge on any atom is 0.231 e. The molecule has 0 bridgehead atoms. The van der Waals surface area contributed by atoms with E-state index < -0.39 is 0 Å². The first kappa shape index (κ1) is 21.3. The lowest BCUT2D eigenvalue weighted by Crippen LogP contribution is -2.52. The van der Waals surface area contributed by atoms with E-state index in [0.29, 0.717) is 13.3 Å². The molecule has 5 rings (SSSR count). The zero-order valence-electron chi connectivity index (χ0n) is 18.9. The van der Waals surface area contributed by atoms with E-state index in [1.807, 2.05) is 36.7 Å². The average molecular weight is 448 g/mol. The highest BCUT2D eigenvalue weighted by Gasteiger charge is 2.21. The highest BCUT2D eigenvalue weighted by atomic mass is 16.7. The number of benzene rings is 1. The number of pyridine rings is 1. The van der Waals surface area contributed by atoms with Crippen LogP contribution in [0.3, 0.4) is 0 Å². The summed E-state index contributed by atoms with van der Waals surface area (Å²) in [5.41, 5.74) is 2.35. The third-order valence-electron chi connectivity index (χ3n) is 5.81. The first-order chi connectivity index (χ1) is 16.3. The SMILES string of the molecule is CCNC(=NCc1ccnc(-n2cccn2)c1)N1CCN(Cc2ccc3c(c2)OCO3)CC1. The number of hydrogen-bond acceptors (Lipinski definition) is 6. The van der Waals surface area contributed by atoms with Crippen molar-refractivity contribution in [2.45, 2.75) is 20.0 Å². The summed E-state index contributed by atoms with van der Waals surface area (Å²) in [6.45, 7) is 8.60. The maximum absolute atomic E-state index is 5.51. The van der Waals surface area contributed by atoms with Crippen LogP contribution in [-0.4, -0.2) is 70.0 Å². The number of piperazine rings is 1. The van der Waals surface area contributed by atoms with Crippen LogP contribution in [0.25, 0.3) is 5.82 Å². The van der Waals surface area contributed by atoms with Gasteiger partial charge in [0.25, 0.3) is 0 Å². The van der Waals surface area contributed by atoms with Crippen LogP contribution in [0, 0.1) is 0 Å². The number of ether oxygens (including phenoxy) is 2. The van der Waals surface area contributed by atoms with E-state index in [0.717, 1.165) is 68.1 Å². The molecule has 172 valence electrons. The topological polar surface area (TPSA) is 80.0 Å². The standard InChI is InChI=1S/C24H29N7O2/c1-2-25-24(27-16-19-6-8-26-23(15-19)31-9-3-7-28-31)30-12-10-29(11-13-30)17-20-4-5-21-22(14-20)33-18-32-21/h3-9,14-15H,2,10-13,16-18H2,1H3,(H,25,27). The molecule has 0 saturated carbocycles. The maximum atomic E-state index is 5.51.